The number of allylic oxidation sites excluding steroid dienone is 2. The van der Waals surface area contributed by atoms with Gasteiger partial charge in [-0.05, 0) is 60.0 Å². The zero-order valence-corrected chi connectivity index (χ0v) is 29.8. The van der Waals surface area contributed by atoms with Crippen LogP contribution in [0.4, 0.5) is 5.69 Å². The second-order valence-electron chi connectivity index (χ2n) is 13.9. The first-order chi connectivity index (χ1) is 25.5. The number of ether oxygens (including phenoxy) is 1. The predicted molar refractivity (Wildman–Crippen MR) is 195 cm³/mol. The molecule has 270 valence electrons. The van der Waals surface area contributed by atoms with E-state index in [0.717, 1.165) is 15.3 Å². The number of likely N-dealkylation sites (tertiary alicyclic amines) is 1. The highest BCUT2D eigenvalue weighted by Crippen LogP contribution is 2.65. The number of fused-ring (bicyclic) bond motifs is 5. The number of methoxy groups -OCH3 is 1. The van der Waals surface area contributed by atoms with Gasteiger partial charge in [-0.1, -0.05) is 83.4 Å². The minimum Gasteiger partial charge on any atom is -0.507 e. The maximum atomic E-state index is 15.4. The van der Waals surface area contributed by atoms with E-state index in [2.05, 4.69) is 5.43 Å². The highest BCUT2D eigenvalue weighted by molar-refractivity contribution is 6.36. The molecule has 3 N–H and O–H groups in total. The number of phenols is 1. The summed E-state index contributed by atoms with van der Waals surface area (Å²) in [6.07, 6.45) is 1.65. The predicted octanol–water partition coefficient (Wildman–Crippen LogP) is 6.32. The summed E-state index contributed by atoms with van der Waals surface area (Å²) in [5, 5.41) is 24.3. The van der Waals surface area contributed by atoms with Crippen LogP contribution in [0.5, 0.6) is 11.5 Å². The molecule has 3 fully saturated rings. The van der Waals surface area contributed by atoms with Crippen LogP contribution in [0.1, 0.15) is 36.3 Å². The van der Waals surface area contributed by atoms with Crippen molar-refractivity contribution in [3.05, 3.63) is 112 Å². The van der Waals surface area contributed by atoms with Crippen LogP contribution in [0.3, 0.4) is 0 Å². The lowest BCUT2D eigenvalue weighted by molar-refractivity contribution is -0.143. The number of rotatable bonds is 8. The number of carbonyl (C=O) groups excluding carboxylic acids is 4. The van der Waals surface area contributed by atoms with Gasteiger partial charge in [0.25, 0.3) is 11.8 Å². The van der Waals surface area contributed by atoms with Crippen molar-refractivity contribution in [2.45, 2.75) is 30.6 Å². The molecule has 1 saturated carbocycles. The van der Waals surface area contributed by atoms with E-state index >= 15 is 4.79 Å². The summed E-state index contributed by atoms with van der Waals surface area (Å²) < 4.78 is 5.45. The van der Waals surface area contributed by atoms with Gasteiger partial charge in [0.15, 0.2) is 0 Å². The molecule has 0 radical (unpaired) electrons. The standard InChI is InChI=1S/C40H33Cl2N3O8/c1-53-23-10-7-21(8-11-23)40-29(37(50)45(39(40)52)43-31-15-9-22(41)18-30(31)42)19-28-25(34(40)27-12-6-20-4-2-3-5-24(20)35(27)48)13-14-26-33(28)38(51)44(36(26)49)17-16-32(46)47/h2-13,15,18,26,28-29,33-34,43,48H,14,16-17,19H2,1H3,(H,46,47)/t26-,28+,29-,33-,34+,40+/m0/s1. The number of carbonyl (C=O) groups is 5. The Morgan fingerprint density at radius 2 is 1.70 bits per heavy atom. The number of anilines is 1. The number of nitrogens with one attached hydrogen (secondary N) is 1. The molecule has 2 aliphatic carbocycles. The van der Waals surface area contributed by atoms with Crippen molar-refractivity contribution < 1.29 is 38.9 Å². The molecule has 11 nitrogen and oxygen atoms in total. The van der Waals surface area contributed by atoms with Crippen molar-refractivity contribution in [3.8, 4) is 11.5 Å². The minimum absolute atomic E-state index is 0.0206. The van der Waals surface area contributed by atoms with E-state index in [-0.39, 0.29) is 35.8 Å². The SMILES string of the molecule is COc1ccc([C@@]23C(=O)N(Nc4ccc(Cl)cc4Cl)C(=O)[C@@H]2C[C@@H]2C(=CC[C@@H]4C(=O)N(CCC(=O)O)C(=O)[C@@H]42)[C@@H]3c2ccc3ccccc3c2O)cc1. The first-order valence-corrected chi connectivity index (χ1v) is 17.9. The number of imide groups is 2. The highest BCUT2D eigenvalue weighted by atomic mass is 35.5. The van der Waals surface area contributed by atoms with Gasteiger partial charge in [0.05, 0.1) is 47.4 Å². The monoisotopic (exact) mass is 753 g/mol. The quantitative estimate of drug-likeness (QED) is 0.139. The maximum Gasteiger partial charge on any atom is 0.305 e. The van der Waals surface area contributed by atoms with E-state index < -0.39 is 71.0 Å². The number of carboxylic acids is 1. The van der Waals surface area contributed by atoms with Crippen LogP contribution in [0.15, 0.2) is 90.5 Å². The number of aliphatic carboxylic acids is 1. The van der Waals surface area contributed by atoms with Gasteiger partial charge in [-0.3, -0.25) is 34.3 Å². The molecular formula is C40H33Cl2N3O8. The first-order valence-electron chi connectivity index (χ1n) is 17.2. The Morgan fingerprint density at radius 1 is 0.943 bits per heavy atom. The number of halogens is 2. The molecule has 4 aliphatic rings. The largest absolute Gasteiger partial charge is 0.507 e. The van der Waals surface area contributed by atoms with E-state index in [9.17, 15) is 29.4 Å². The van der Waals surface area contributed by atoms with E-state index in [0.29, 0.717) is 32.9 Å². The number of amides is 4. The van der Waals surface area contributed by atoms with E-state index in [1.165, 1.54) is 13.2 Å². The summed E-state index contributed by atoms with van der Waals surface area (Å²) in [6.45, 7) is -0.271. The van der Waals surface area contributed by atoms with Crippen LogP contribution in [-0.2, 0) is 29.4 Å². The van der Waals surface area contributed by atoms with Crippen LogP contribution in [0.25, 0.3) is 10.8 Å². The molecule has 4 aromatic rings. The molecule has 4 aromatic carbocycles. The summed E-state index contributed by atoms with van der Waals surface area (Å²) in [4.78, 5) is 70.6. The Bertz CT molecular complexity index is 2280. The van der Waals surface area contributed by atoms with Crippen molar-refractivity contribution in [1.29, 1.82) is 0 Å². The Labute approximate surface area is 313 Å². The smallest absolute Gasteiger partial charge is 0.305 e. The number of benzene rings is 4. The fourth-order valence-electron chi connectivity index (χ4n) is 9.19. The van der Waals surface area contributed by atoms with Crippen LogP contribution >= 0.6 is 23.2 Å². The topological polar surface area (TPSA) is 154 Å². The lowest BCUT2D eigenvalue weighted by Crippen LogP contribution is -2.53. The molecule has 6 atom stereocenters. The number of hydrazine groups is 1. The lowest BCUT2D eigenvalue weighted by atomic mass is 9.49. The number of nitrogens with zero attached hydrogens (tertiary/aromatic N) is 2. The van der Waals surface area contributed by atoms with Crippen LogP contribution in [0, 0.1) is 23.7 Å². The van der Waals surface area contributed by atoms with Gasteiger partial charge in [-0.2, -0.15) is 5.01 Å². The fraction of sp³-hybridized carbons (Fsp3) is 0.275. The molecule has 13 heteroatoms. The average molecular weight is 755 g/mol. The number of hydrogen-bond acceptors (Lipinski definition) is 8. The molecule has 53 heavy (non-hydrogen) atoms. The second kappa shape index (κ2) is 12.9. The van der Waals surface area contributed by atoms with Gasteiger partial charge in [-0.15, -0.1) is 0 Å². The van der Waals surface area contributed by atoms with Gasteiger partial charge in [0.2, 0.25) is 11.8 Å². The normalized spacial score (nSPS) is 26.3. The molecule has 2 heterocycles. The number of hydrogen-bond donors (Lipinski definition) is 3. The van der Waals surface area contributed by atoms with Crippen molar-refractivity contribution >= 4 is 69.3 Å². The van der Waals surface area contributed by atoms with Crippen LogP contribution < -0.4 is 10.2 Å². The minimum atomic E-state index is -1.65. The van der Waals surface area contributed by atoms with Crippen molar-refractivity contribution in [3.63, 3.8) is 0 Å². The molecule has 8 rings (SSSR count). The summed E-state index contributed by atoms with van der Waals surface area (Å²) >= 11 is 12.7. The summed E-state index contributed by atoms with van der Waals surface area (Å²) in [7, 11) is 1.52. The van der Waals surface area contributed by atoms with Gasteiger partial charge < -0.3 is 14.9 Å². The summed E-state index contributed by atoms with van der Waals surface area (Å²) in [6, 6.07) is 22.4. The zero-order valence-electron chi connectivity index (χ0n) is 28.3. The Hall–Kier alpha value is -5.39. The first kappa shape index (κ1) is 34.7. The van der Waals surface area contributed by atoms with E-state index in [1.807, 2.05) is 24.3 Å². The van der Waals surface area contributed by atoms with Gasteiger partial charge in [0.1, 0.15) is 11.5 Å². The third-order valence-corrected chi connectivity index (χ3v) is 12.0. The number of carboxylic acid groups (broad SMARTS) is 1. The lowest BCUT2D eigenvalue weighted by Gasteiger charge is -2.50. The molecule has 0 spiro atoms. The molecular weight excluding hydrogens is 721 g/mol. The van der Waals surface area contributed by atoms with Crippen molar-refractivity contribution in [1.82, 2.24) is 9.91 Å². The third kappa shape index (κ3) is 5.20. The summed E-state index contributed by atoms with van der Waals surface area (Å²) in [5.74, 6) is -7.26. The molecule has 2 saturated heterocycles. The van der Waals surface area contributed by atoms with Gasteiger partial charge in [0, 0.05) is 28.4 Å². The number of phenolic OH excluding ortho intramolecular Hbond substituents is 1. The van der Waals surface area contributed by atoms with Crippen LogP contribution in [-0.4, -0.2) is 63.4 Å². The zero-order chi connectivity index (χ0) is 37.3. The molecule has 2 aliphatic heterocycles. The highest BCUT2D eigenvalue weighted by Gasteiger charge is 2.70. The van der Waals surface area contributed by atoms with E-state index in [4.69, 9.17) is 27.9 Å². The maximum absolute atomic E-state index is 15.4. The van der Waals surface area contributed by atoms with Gasteiger partial charge >= 0.3 is 5.97 Å². The molecule has 0 aromatic heterocycles. The van der Waals surface area contributed by atoms with E-state index in [1.54, 1.807) is 54.6 Å². The van der Waals surface area contributed by atoms with Gasteiger partial charge in [-0.25, -0.2) is 0 Å². The van der Waals surface area contributed by atoms with Crippen LogP contribution in [0.2, 0.25) is 10.0 Å². The van der Waals surface area contributed by atoms with Crippen molar-refractivity contribution in [2.24, 2.45) is 23.7 Å². The Kier molecular flexibility index (Phi) is 8.46. The molecule has 0 bridgehead atoms. The van der Waals surface area contributed by atoms with Crippen molar-refractivity contribution in [2.75, 3.05) is 19.1 Å². The second-order valence-corrected chi connectivity index (χ2v) is 14.8. The fourth-order valence-corrected chi connectivity index (χ4v) is 9.64. The Morgan fingerprint density at radius 3 is 2.42 bits per heavy atom. The average Bonchev–Trinajstić information content (AvgIpc) is 3.52. The molecule has 0 unspecified atom stereocenters. The summed E-state index contributed by atoms with van der Waals surface area (Å²) in [5.41, 5.74) is 3.08. The molecule has 4 amide bonds. The third-order valence-electron chi connectivity index (χ3n) is 11.5. The Balaban J connectivity index is 1.36. The number of aromatic hydroxyl groups is 1.